The molecule has 2 N–H and O–H groups in total. The van der Waals surface area contributed by atoms with Crippen molar-refractivity contribution in [2.45, 2.75) is 46.2 Å². The molecule has 1 aromatic heterocycles. The number of nitrogens with zero attached hydrogens (tertiary/aromatic N) is 3. The van der Waals surface area contributed by atoms with E-state index in [4.69, 9.17) is 19.0 Å². The highest BCUT2D eigenvalue weighted by Crippen LogP contribution is 2.19. The van der Waals surface area contributed by atoms with E-state index in [2.05, 4.69) is 22.2 Å². The first-order valence-electron chi connectivity index (χ1n) is 9.27. The van der Waals surface area contributed by atoms with Gasteiger partial charge in [-0.05, 0) is 32.8 Å². The van der Waals surface area contributed by atoms with E-state index in [-0.39, 0.29) is 0 Å². The van der Waals surface area contributed by atoms with Crippen molar-refractivity contribution in [2.75, 3.05) is 25.6 Å². The molecule has 0 atom stereocenters. The van der Waals surface area contributed by atoms with Crippen LogP contribution in [0.25, 0.3) is 0 Å². The predicted octanol–water partition coefficient (Wildman–Crippen LogP) is 2.89. The zero-order chi connectivity index (χ0) is 18.8. The zero-order valence-electron chi connectivity index (χ0n) is 16.0. The molecule has 0 unspecified atom stereocenters. The van der Waals surface area contributed by atoms with Crippen LogP contribution >= 0.6 is 0 Å². The Morgan fingerprint density at radius 2 is 1.62 bits per heavy atom. The summed E-state index contributed by atoms with van der Waals surface area (Å²) in [7, 11) is -2.63. The fourth-order valence-electron chi connectivity index (χ4n) is 2.93. The number of anilines is 1. The highest BCUT2D eigenvalue weighted by molar-refractivity contribution is 6.60. The molecule has 0 amide bonds. The monoisotopic (exact) mass is 378 g/mol. The van der Waals surface area contributed by atoms with Gasteiger partial charge in [0.1, 0.15) is 5.82 Å². The van der Waals surface area contributed by atoms with Gasteiger partial charge < -0.3 is 19.0 Å². The Balaban J connectivity index is 2.01. The molecule has 0 aliphatic carbocycles. The van der Waals surface area contributed by atoms with Crippen LogP contribution in [0.5, 0.6) is 0 Å². The summed E-state index contributed by atoms with van der Waals surface area (Å²) in [6.45, 7) is 8.36. The molecule has 144 valence electrons. The summed E-state index contributed by atoms with van der Waals surface area (Å²) >= 11 is 0. The van der Waals surface area contributed by atoms with Gasteiger partial charge in [-0.1, -0.05) is 30.3 Å². The van der Waals surface area contributed by atoms with Gasteiger partial charge in [-0.3, -0.25) is 0 Å². The predicted molar refractivity (Wildman–Crippen MR) is 104 cm³/mol. The van der Waals surface area contributed by atoms with Crippen LogP contribution in [-0.2, 0) is 26.2 Å². The molecule has 0 radical (unpaired) electrons. The molecule has 0 spiro atoms. The summed E-state index contributed by atoms with van der Waals surface area (Å²) in [5.74, 6) is 1.17. The lowest BCUT2D eigenvalue weighted by Gasteiger charge is -2.28. The van der Waals surface area contributed by atoms with Crippen molar-refractivity contribution in [1.29, 1.82) is 0 Å². The summed E-state index contributed by atoms with van der Waals surface area (Å²) in [4.78, 5) is 4.38. The van der Waals surface area contributed by atoms with Gasteiger partial charge in [0, 0.05) is 38.8 Å². The smallest absolute Gasteiger partial charge is 0.374 e. The number of hydrogen-bond acceptors (Lipinski definition) is 6. The molecule has 1 aromatic carbocycles. The Kier molecular flexibility index (Phi) is 8.24. The second kappa shape index (κ2) is 10.4. The van der Waals surface area contributed by atoms with Gasteiger partial charge in [0.2, 0.25) is 5.95 Å². The number of nitrogen functional groups attached to an aromatic ring is 1. The lowest BCUT2D eigenvalue weighted by Crippen LogP contribution is -2.46. The van der Waals surface area contributed by atoms with Gasteiger partial charge in [0.15, 0.2) is 0 Å². The number of nitrogens with two attached hydrogens (primary N) is 1. The number of aryl methyl sites for hydroxylation is 1. The molecule has 2 aromatic rings. The SMILES string of the molecule is CCO[Si](CCCn1nc(N)nc1Cc1ccccc1)(OCC)OCC. The number of rotatable bonds is 12. The lowest BCUT2D eigenvalue weighted by molar-refractivity contribution is 0.0704. The molecular formula is C18H30N4O3Si. The Bertz CT molecular complexity index is 634. The van der Waals surface area contributed by atoms with Crippen LogP contribution in [0.4, 0.5) is 5.95 Å². The molecule has 0 aliphatic heterocycles. The van der Waals surface area contributed by atoms with Crippen molar-refractivity contribution in [1.82, 2.24) is 14.8 Å². The van der Waals surface area contributed by atoms with E-state index < -0.39 is 8.80 Å². The van der Waals surface area contributed by atoms with Crippen molar-refractivity contribution in [2.24, 2.45) is 0 Å². The first kappa shape index (κ1) is 20.6. The molecule has 0 bridgehead atoms. The largest absolute Gasteiger partial charge is 0.500 e. The molecule has 0 aliphatic rings. The minimum atomic E-state index is -2.63. The highest BCUT2D eigenvalue weighted by atomic mass is 28.4. The maximum Gasteiger partial charge on any atom is 0.500 e. The third-order valence-corrected chi connectivity index (χ3v) is 7.07. The van der Waals surface area contributed by atoms with Crippen molar-refractivity contribution in [3.05, 3.63) is 41.7 Å². The summed E-state index contributed by atoms with van der Waals surface area (Å²) in [5.41, 5.74) is 7.01. The van der Waals surface area contributed by atoms with E-state index >= 15 is 0 Å². The quantitative estimate of drug-likeness (QED) is 0.572. The molecule has 2 rings (SSSR count). The maximum atomic E-state index is 5.90. The second-order valence-electron chi connectivity index (χ2n) is 5.86. The molecule has 1 heterocycles. The molecular weight excluding hydrogens is 348 g/mol. The molecule has 0 saturated heterocycles. The van der Waals surface area contributed by atoms with Crippen LogP contribution in [0.2, 0.25) is 6.04 Å². The molecule has 0 saturated carbocycles. The van der Waals surface area contributed by atoms with Crippen LogP contribution in [-0.4, -0.2) is 43.4 Å². The van der Waals surface area contributed by atoms with Crippen molar-refractivity contribution >= 4 is 14.8 Å². The summed E-state index contributed by atoms with van der Waals surface area (Å²) < 4.78 is 19.6. The van der Waals surface area contributed by atoms with Gasteiger partial charge in [0.05, 0.1) is 0 Å². The Morgan fingerprint density at radius 3 is 2.19 bits per heavy atom. The van der Waals surface area contributed by atoms with Gasteiger partial charge >= 0.3 is 8.80 Å². The van der Waals surface area contributed by atoms with Gasteiger partial charge in [-0.2, -0.15) is 4.98 Å². The van der Waals surface area contributed by atoms with Gasteiger partial charge in [-0.25, -0.2) is 4.68 Å². The van der Waals surface area contributed by atoms with Gasteiger partial charge in [-0.15, -0.1) is 5.10 Å². The van der Waals surface area contributed by atoms with Crippen LogP contribution in [0.15, 0.2) is 30.3 Å². The third-order valence-electron chi connectivity index (χ3n) is 3.92. The summed E-state index contributed by atoms with van der Waals surface area (Å²) in [5, 5.41) is 4.34. The first-order valence-corrected chi connectivity index (χ1v) is 11.2. The van der Waals surface area contributed by atoms with E-state index in [1.165, 1.54) is 5.56 Å². The fraction of sp³-hybridized carbons (Fsp3) is 0.556. The zero-order valence-corrected chi connectivity index (χ0v) is 17.0. The Labute approximate surface area is 156 Å². The topological polar surface area (TPSA) is 84.4 Å². The van der Waals surface area contributed by atoms with E-state index in [0.29, 0.717) is 38.7 Å². The van der Waals surface area contributed by atoms with E-state index in [0.717, 1.165) is 18.3 Å². The molecule has 26 heavy (non-hydrogen) atoms. The molecule has 8 heteroatoms. The van der Waals surface area contributed by atoms with Crippen LogP contribution < -0.4 is 5.73 Å². The molecule has 7 nitrogen and oxygen atoms in total. The highest BCUT2D eigenvalue weighted by Gasteiger charge is 2.39. The summed E-state index contributed by atoms with van der Waals surface area (Å²) in [6.07, 6.45) is 1.53. The summed E-state index contributed by atoms with van der Waals surface area (Å²) in [6, 6.07) is 10.9. The van der Waals surface area contributed by atoms with Crippen LogP contribution in [0, 0.1) is 0 Å². The van der Waals surface area contributed by atoms with Crippen molar-refractivity contribution in [3.8, 4) is 0 Å². The maximum absolute atomic E-state index is 5.90. The van der Waals surface area contributed by atoms with Crippen molar-refractivity contribution < 1.29 is 13.3 Å². The Morgan fingerprint density at radius 1 is 1.00 bits per heavy atom. The third kappa shape index (κ3) is 5.91. The number of aromatic nitrogens is 3. The average Bonchev–Trinajstić information content (AvgIpc) is 2.96. The van der Waals surface area contributed by atoms with Crippen LogP contribution in [0.1, 0.15) is 38.6 Å². The number of hydrogen-bond donors (Lipinski definition) is 1. The van der Waals surface area contributed by atoms with Gasteiger partial charge in [0.25, 0.3) is 0 Å². The average molecular weight is 379 g/mol. The van der Waals surface area contributed by atoms with E-state index in [1.54, 1.807) is 0 Å². The number of benzene rings is 1. The Hall–Kier alpha value is -1.74. The van der Waals surface area contributed by atoms with E-state index in [1.807, 2.05) is 43.7 Å². The van der Waals surface area contributed by atoms with Crippen LogP contribution in [0.3, 0.4) is 0 Å². The second-order valence-corrected chi connectivity index (χ2v) is 8.59. The lowest BCUT2D eigenvalue weighted by atomic mass is 10.1. The first-order chi connectivity index (χ1) is 12.6. The normalized spacial score (nSPS) is 11.8. The molecule has 0 fully saturated rings. The van der Waals surface area contributed by atoms with E-state index in [9.17, 15) is 0 Å². The fourth-order valence-corrected chi connectivity index (χ4v) is 5.52. The minimum absolute atomic E-state index is 0.305. The van der Waals surface area contributed by atoms with Crippen molar-refractivity contribution in [3.63, 3.8) is 0 Å². The minimum Gasteiger partial charge on any atom is -0.374 e. The standard InChI is InChI=1S/C18H30N4O3Si/c1-4-23-26(24-5-2,25-6-3)14-10-13-22-17(20-18(19)21-22)15-16-11-8-7-9-12-16/h7-9,11-12H,4-6,10,13-15H2,1-3H3,(H2,19,21).